The summed E-state index contributed by atoms with van der Waals surface area (Å²) in [5.41, 5.74) is 2.12. The van der Waals surface area contributed by atoms with Crippen LogP contribution in [-0.2, 0) is 14.3 Å². The highest BCUT2D eigenvalue weighted by atomic mass is 16.5. The fourth-order valence-corrected chi connectivity index (χ4v) is 3.38. The molecule has 3 rings (SSSR count). The Hall–Kier alpha value is -2.88. The van der Waals surface area contributed by atoms with Gasteiger partial charge in [-0.1, -0.05) is 72.8 Å². The number of hydrogen-bond acceptors (Lipinski definition) is 3. The highest BCUT2D eigenvalue weighted by Gasteiger charge is 2.35. The number of ether oxygens (including phenoxy) is 1. The van der Waals surface area contributed by atoms with E-state index in [1.165, 1.54) is 0 Å². The summed E-state index contributed by atoms with van der Waals surface area (Å²) in [5.74, 6) is -2.79. The van der Waals surface area contributed by atoms with Crippen LogP contribution in [-0.4, -0.2) is 23.7 Å². The van der Waals surface area contributed by atoms with Gasteiger partial charge in [-0.15, -0.1) is 0 Å². The molecule has 4 heteroatoms. The van der Waals surface area contributed by atoms with Gasteiger partial charge in [0.15, 0.2) is 0 Å². The Bertz CT molecular complexity index is 728. The van der Waals surface area contributed by atoms with Crippen molar-refractivity contribution in [2.75, 3.05) is 6.61 Å². The standard InChI is InChI=1S/C22H22O4/c23-21(24)18-13-7-8-14-19(18)22(25)26-15-20(16-9-3-1-4-10-16)17-11-5-2-6-12-17/h1-12,18-20H,13-15H2,(H,23,24)/t18-,19+/m0/s1. The lowest BCUT2D eigenvalue weighted by atomic mass is 9.83. The molecule has 134 valence electrons. The van der Waals surface area contributed by atoms with Crippen LogP contribution in [0.3, 0.4) is 0 Å². The molecule has 0 unspecified atom stereocenters. The maximum absolute atomic E-state index is 12.6. The highest BCUT2D eigenvalue weighted by molar-refractivity contribution is 5.81. The Kier molecular flexibility index (Phi) is 5.84. The normalized spacial score (nSPS) is 19.3. The zero-order valence-corrected chi connectivity index (χ0v) is 14.5. The summed E-state index contributed by atoms with van der Waals surface area (Å²) in [7, 11) is 0. The molecule has 0 heterocycles. The van der Waals surface area contributed by atoms with Gasteiger partial charge in [0, 0.05) is 5.92 Å². The van der Waals surface area contributed by atoms with E-state index in [0.29, 0.717) is 12.8 Å². The molecule has 0 saturated carbocycles. The summed E-state index contributed by atoms with van der Waals surface area (Å²) in [6.07, 6.45) is 4.46. The quantitative estimate of drug-likeness (QED) is 0.631. The summed E-state index contributed by atoms with van der Waals surface area (Å²) in [5, 5.41) is 9.35. The second kappa shape index (κ2) is 8.48. The Morgan fingerprint density at radius 2 is 1.38 bits per heavy atom. The maximum atomic E-state index is 12.6. The average molecular weight is 350 g/mol. The zero-order chi connectivity index (χ0) is 18.4. The molecule has 0 fully saturated rings. The first-order chi connectivity index (χ1) is 12.7. The lowest BCUT2D eigenvalue weighted by Gasteiger charge is -2.25. The number of carbonyl (C=O) groups excluding carboxylic acids is 1. The van der Waals surface area contributed by atoms with Crippen LogP contribution in [0.25, 0.3) is 0 Å². The van der Waals surface area contributed by atoms with Crippen molar-refractivity contribution in [1.82, 2.24) is 0 Å². The molecule has 2 aromatic rings. The SMILES string of the molecule is O=C(O)[C@H]1CC=CC[C@H]1C(=O)OCC(c1ccccc1)c1ccccc1. The van der Waals surface area contributed by atoms with Gasteiger partial charge in [0.25, 0.3) is 0 Å². The van der Waals surface area contributed by atoms with E-state index in [1.807, 2.05) is 72.8 Å². The number of carbonyl (C=O) groups is 2. The number of rotatable bonds is 6. The van der Waals surface area contributed by atoms with Crippen LogP contribution in [0.4, 0.5) is 0 Å². The molecule has 1 aliphatic rings. The van der Waals surface area contributed by atoms with E-state index in [9.17, 15) is 14.7 Å². The van der Waals surface area contributed by atoms with Gasteiger partial charge in [0.2, 0.25) is 0 Å². The lowest BCUT2D eigenvalue weighted by Crippen LogP contribution is -2.33. The van der Waals surface area contributed by atoms with Crippen LogP contribution >= 0.6 is 0 Å². The molecule has 2 aromatic carbocycles. The van der Waals surface area contributed by atoms with E-state index >= 15 is 0 Å². The fourth-order valence-electron chi connectivity index (χ4n) is 3.38. The van der Waals surface area contributed by atoms with Gasteiger partial charge in [-0.25, -0.2) is 0 Å². The lowest BCUT2D eigenvalue weighted by molar-refractivity contribution is -0.158. The van der Waals surface area contributed by atoms with Crippen molar-refractivity contribution in [2.45, 2.75) is 18.8 Å². The molecule has 0 saturated heterocycles. The van der Waals surface area contributed by atoms with Crippen LogP contribution < -0.4 is 0 Å². The van der Waals surface area contributed by atoms with Crippen molar-refractivity contribution < 1.29 is 19.4 Å². The van der Waals surface area contributed by atoms with Crippen molar-refractivity contribution in [3.05, 3.63) is 83.9 Å². The van der Waals surface area contributed by atoms with Crippen molar-refractivity contribution in [2.24, 2.45) is 11.8 Å². The molecule has 0 spiro atoms. The van der Waals surface area contributed by atoms with Crippen molar-refractivity contribution in [3.63, 3.8) is 0 Å². The molecule has 0 radical (unpaired) electrons. The minimum atomic E-state index is -0.945. The number of esters is 1. The number of allylic oxidation sites excluding steroid dienone is 2. The molecule has 1 N–H and O–H groups in total. The third-order valence-corrected chi connectivity index (χ3v) is 4.85. The molecule has 2 atom stereocenters. The first-order valence-electron chi connectivity index (χ1n) is 8.81. The third kappa shape index (κ3) is 4.20. The van der Waals surface area contributed by atoms with E-state index in [2.05, 4.69) is 0 Å². The van der Waals surface area contributed by atoms with Gasteiger partial charge < -0.3 is 9.84 Å². The average Bonchev–Trinajstić information content (AvgIpc) is 2.69. The van der Waals surface area contributed by atoms with E-state index in [0.717, 1.165) is 11.1 Å². The van der Waals surface area contributed by atoms with Crippen LogP contribution in [0.1, 0.15) is 29.9 Å². The van der Waals surface area contributed by atoms with Crippen molar-refractivity contribution in [3.8, 4) is 0 Å². The number of aliphatic carboxylic acids is 1. The smallest absolute Gasteiger partial charge is 0.310 e. The summed E-state index contributed by atoms with van der Waals surface area (Å²) >= 11 is 0. The largest absolute Gasteiger partial charge is 0.481 e. The van der Waals surface area contributed by atoms with Gasteiger partial charge in [0.05, 0.1) is 11.8 Å². The fraction of sp³-hybridized carbons (Fsp3) is 0.273. The molecule has 4 nitrogen and oxygen atoms in total. The van der Waals surface area contributed by atoms with Crippen LogP contribution in [0.5, 0.6) is 0 Å². The summed E-state index contributed by atoms with van der Waals surface area (Å²) in [6.45, 7) is 0.194. The minimum Gasteiger partial charge on any atom is -0.481 e. The number of carboxylic acids is 1. The van der Waals surface area contributed by atoms with Gasteiger partial charge in [0.1, 0.15) is 6.61 Å². The van der Waals surface area contributed by atoms with Gasteiger partial charge >= 0.3 is 11.9 Å². The molecule has 1 aliphatic carbocycles. The predicted octanol–water partition coefficient (Wildman–Crippen LogP) is 4.03. The summed E-state index contributed by atoms with van der Waals surface area (Å²) in [6, 6.07) is 19.8. The van der Waals surface area contributed by atoms with E-state index in [-0.39, 0.29) is 12.5 Å². The van der Waals surface area contributed by atoms with Crippen molar-refractivity contribution in [1.29, 1.82) is 0 Å². The van der Waals surface area contributed by atoms with Gasteiger partial charge in [-0.3, -0.25) is 9.59 Å². The molecule has 0 bridgehead atoms. The zero-order valence-electron chi connectivity index (χ0n) is 14.5. The third-order valence-electron chi connectivity index (χ3n) is 4.85. The highest BCUT2D eigenvalue weighted by Crippen LogP contribution is 2.29. The topological polar surface area (TPSA) is 63.6 Å². The molecule has 0 aromatic heterocycles. The molecular formula is C22H22O4. The molecule has 26 heavy (non-hydrogen) atoms. The second-order valence-corrected chi connectivity index (χ2v) is 6.50. The molecule has 0 amide bonds. The monoisotopic (exact) mass is 350 g/mol. The van der Waals surface area contributed by atoms with Crippen molar-refractivity contribution >= 4 is 11.9 Å². The van der Waals surface area contributed by atoms with Crippen LogP contribution in [0.15, 0.2) is 72.8 Å². The van der Waals surface area contributed by atoms with Gasteiger partial charge in [-0.05, 0) is 24.0 Å². The van der Waals surface area contributed by atoms with E-state index < -0.39 is 23.8 Å². The number of benzene rings is 2. The Morgan fingerprint density at radius 1 is 0.885 bits per heavy atom. The Balaban J connectivity index is 1.75. The van der Waals surface area contributed by atoms with Gasteiger partial charge in [-0.2, -0.15) is 0 Å². The predicted molar refractivity (Wildman–Crippen MR) is 98.7 cm³/mol. The Morgan fingerprint density at radius 3 is 1.88 bits per heavy atom. The van der Waals surface area contributed by atoms with Crippen LogP contribution in [0.2, 0.25) is 0 Å². The minimum absolute atomic E-state index is 0.0799. The molecule has 0 aliphatic heterocycles. The summed E-state index contributed by atoms with van der Waals surface area (Å²) in [4.78, 5) is 24.0. The van der Waals surface area contributed by atoms with E-state index in [1.54, 1.807) is 0 Å². The first kappa shape index (κ1) is 17.9. The Labute approximate surface area is 153 Å². The summed E-state index contributed by atoms with van der Waals surface area (Å²) < 4.78 is 5.60. The first-order valence-corrected chi connectivity index (χ1v) is 8.81. The van der Waals surface area contributed by atoms with E-state index in [4.69, 9.17) is 4.74 Å². The maximum Gasteiger partial charge on any atom is 0.310 e. The number of hydrogen-bond donors (Lipinski definition) is 1. The molecular weight excluding hydrogens is 328 g/mol. The van der Waals surface area contributed by atoms with Crippen LogP contribution in [0, 0.1) is 11.8 Å². The number of carboxylic acid groups (broad SMARTS) is 1. The second-order valence-electron chi connectivity index (χ2n) is 6.50.